The van der Waals surface area contributed by atoms with Gasteiger partial charge in [-0.05, 0) is 50.9 Å². The molecule has 2 heterocycles. The second-order valence-corrected chi connectivity index (χ2v) is 7.02. The van der Waals surface area contributed by atoms with Gasteiger partial charge in [0.05, 0.1) is 0 Å². The van der Waals surface area contributed by atoms with E-state index in [1.165, 1.54) is 58.5 Å². The van der Waals surface area contributed by atoms with Crippen molar-refractivity contribution in [3.05, 3.63) is 0 Å². The van der Waals surface area contributed by atoms with E-state index in [9.17, 15) is 0 Å². The molecule has 2 atom stereocenters. The first-order valence-corrected chi connectivity index (χ1v) is 8.26. The molecule has 2 aliphatic rings. The van der Waals surface area contributed by atoms with E-state index in [1.54, 1.807) is 0 Å². The van der Waals surface area contributed by atoms with Gasteiger partial charge in [-0.15, -0.1) is 0 Å². The van der Waals surface area contributed by atoms with E-state index >= 15 is 0 Å². The highest BCUT2D eigenvalue weighted by atomic mass is 15.3. The molecule has 1 N–H and O–H groups in total. The summed E-state index contributed by atoms with van der Waals surface area (Å²) in [6, 6.07) is 1.47. The van der Waals surface area contributed by atoms with Crippen LogP contribution in [0.4, 0.5) is 0 Å². The number of likely N-dealkylation sites (tertiary alicyclic amines) is 1. The molecule has 0 radical (unpaired) electrons. The molecule has 3 heteroatoms. The van der Waals surface area contributed by atoms with Gasteiger partial charge in [0, 0.05) is 25.2 Å². The van der Waals surface area contributed by atoms with Crippen LogP contribution < -0.4 is 5.32 Å². The molecule has 2 saturated heterocycles. The lowest BCUT2D eigenvalue weighted by Crippen LogP contribution is -2.52. The topological polar surface area (TPSA) is 18.5 Å². The van der Waals surface area contributed by atoms with Crippen LogP contribution in [0.2, 0.25) is 0 Å². The lowest BCUT2D eigenvalue weighted by atomic mass is 9.77. The summed E-state index contributed by atoms with van der Waals surface area (Å²) in [4.78, 5) is 5.31. The number of hydrogen-bond acceptors (Lipinski definition) is 3. The zero-order valence-corrected chi connectivity index (χ0v) is 13.4. The second-order valence-electron chi connectivity index (χ2n) is 7.02. The summed E-state index contributed by atoms with van der Waals surface area (Å²) in [5.74, 6) is 0. The molecule has 0 saturated carbocycles. The number of likely N-dealkylation sites (N-methyl/N-ethyl adjacent to an activating group) is 1. The van der Waals surface area contributed by atoms with E-state index in [-0.39, 0.29) is 0 Å². The Labute approximate surface area is 119 Å². The highest BCUT2D eigenvalue weighted by molar-refractivity contribution is 4.92. The summed E-state index contributed by atoms with van der Waals surface area (Å²) in [6.07, 6.45) is 4.07. The van der Waals surface area contributed by atoms with Crippen molar-refractivity contribution in [3.8, 4) is 0 Å². The van der Waals surface area contributed by atoms with Gasteiger partial charge in [0.25, 0.3) is 0 Å². The maximum Gasteiger partial charge on any atom is 0.0246 e. The Morgan fingerprint density at radius 2 is 2.00 bits per heavy atom. The first-order valence-electron chi connectivity index (χ1n) is 8.26. The highest BCUT2D eigenvalue weighted by Crippen LogP contribution is 2.31. The van der Waals surface area contributed by atoms with Crippen LogP contribution in [-0.4, -0.2) is 61.2 Å². The zero-order valence-electron chi connectivity index (χ0n) is 13.4. The van der Waals surface area contributed by atoms with Crippen molar-refractivity contribution in [3.63, 3.8) is 0 Å². The van der Waals surface area contributed by atoms with E-state index in [1.807, 2.05) is 0 Å². The fourth-order valence-corrected chi connectivity index (χ4v) is 3.86. The maximum absolute atomic E-state index is 3.75. The van der Waals surface area contributed by atoms with Gasteiger partial charge in [-0.1, -0.05) is 27.7 Å². The number of nitrogens with zero attached hydrogens (tertiary/aromatic N) is 2. The van der Waals surface area contributed by atoms with Gasteiger partial charge in [-0.25, -0.2) is 0 Å². The molecule has 2 rings (SSSR count). The minimum atomic E-state index is 0.464. The van der Waals surface area contributed by atoms with Crippen molar-refractivity contribution in [1.29, 1.82) is 0 Å². The van der Waals surface area contributed by atoms with Gasteiger partial charge in [0.2, 0.25) is 0 Å². The minimum Gasteiger partial charge on any atom is -0.312 e. The summed E-state index contributed by atoms with van der Waals surface area (Å²) in [6.45, 7) is 16.8. The van der Waals surface area contributed by atoms with Crippen LogP contribution in [0.3, 0.4) is 0 Å². The third-order valence-corrected chi connectivity index (χ3v) is 5.35. The average molecular weight is 267 g/mol. The predicted molar refractivity (Wildman–Crippen MR) is 82.6 cm³/mol. The number of nitrogens with one attached hydrogen (secondary N) is 1. The van der Waals surface area contributed by atoms with Crippen LogP contribution in [0.15, 0.2) is 0 Å². The van der Waals surface area contributed by atoms with Crippen LogP contribution >= 0.6 is 0 Å². The van der Waals surface area contributed by atoms with E-state index in [0.717, 1.165) is 6.04 Å². The Morgan fingerprint density at radius 3 is 2.63 bits per heavy atom. The van der Waals surface area contributed by atoms with Crippen LogP contribution in [0.5, 0.6) is 0 Å². The van der Waals surface area contributed by atoms with Gasteiger partial charge in [-0.3, -0.25) is 4.90 Å². The van der Waals surface area contributed by atoms with E-state index in [4.69, 9.17) is 0 Å². The average Bonchev–Trinajstić information content (AvgIpc) is 2.82. The molecule has 19 heavy (non-hydrogen) atoms. The maximum atomic E-state index is 3.75. The highest BCUT2D eigenvalue weighted by Gasteiger charge is 2.35. The monoisotopic (exact) mass is 267 g/mol. The molecule has 2 fully saturated rings. The Bertz CT molecular complexity index is 273. The van der Waals surface area contributed by atoms with E-state index in [2.05, 4.69) is 42.8 Å². The normalized spacial score (nSPS) is 32.1. The van der Waals surface area contributed by atoms with Gasteiger partial charge in [0.15, 0.2) is 0 Å². The first kappa shape index (κ1) is 15.3. The lowest BCUT2D eigenvalue weighted by molar-refractivity contribution is 0.131. The molecule has 0 aliphatic carbocycles. The molecular formula is C16H33N3. The van der Waals surface area contributed by atoms with Gasteiger partial charge in [0.1, 0.15) is 0 Å². The molecule has 0 aromatic carbocycles. The van der Waals surface area contributed by atoms with E-state index in [0.29, 0.717) is 11.5 Å². The SMILES string of the molecule is CCN(CC)C1CCN(CC2NCCCC2(C)C)C1. The summed E-state index contributed by atoms with van der Waals surface area (Å²) in [5.41, 5.74) is 0.464. The van der Waals surface area contributed by atoms with Crippen molar-refractivity contribution < 1.29 is 0 Å². The molecule has 2 unspecified atom stereocenters. The van der Waals surface area contributed by atoms with Gasteiger partial charge < -0.3 is 10.2 Å². The van der Waals surface area contributed by atoms with E-state index < -0.39 is 0 Å². The molecule has 2 aliphatic heterocycles. The summed E-state index contributed by atoms with van der Waals surface area (Å²) in [5, 5.41) is 3.75. The molecule has 0 bridgehead atoms. The van der Waals surface area contributed by atoms with Crippen LogP contribution in [0.1, 0.15) is 47.0 Å². The summed E-state index contributed by atoms with van der Waals surface area (Å²) in [7, 11) is 0. The van der Waals surface area contributed by atoms with Crippen molar-refractivity contribution in [2.75, 3.05) is 39.3 Å². The number of piperidine rings is 1. The number of hydrogen-bond donors (Lipinski definition) is 1. The Balaban J connectivity index is 1.84. The molecule has 112 valence electrons. The van der Waals surface area contributed by atoms with Crippen molar-refractivity contribution in [2.45, 2.75) is 59.0 Å². The van der Waals surface area contributed by atoms with Gasteiger partial charge in [-0.2, -0.15) is 0 Å². The van der Waals surface area contributed by atoms with Crippen LogP contribution in [0, 0.1) is 5.41 Å². The minimum absolute atomic E-state index is 0.464. The van der Waals surface area contributed by atoms with Crippen LogP contribution in [-0.2, 0) is 0 Å². The fourth-order valence-electron chi connectivity index (χ4n) is 3.86. The van der Waals surface area contributed by atoms with Gasteiger partial charge >= 0.3 is 0 Å². The standard InChI is InChI=1S/C16H33N3/c1-5-19(6-2)14-8-11-18(12-14)13-15-16(3,4)9-7-10-17-15/h14-15,17H,5-13H2,1-4H3. The van der Waals surface area contributed by atoms with Crippen molar-refractivity contribution in [2.24, 2.45) is 5.41 Å². The largest absolute Gasteiger partial charge is 0.312 e. The Morgan fingerprint density at radius 1 is 1.26 bits per heavy atom. The molecule has 0 aromatic heterocycles. The third kappa shape index (κ3) is 3.71. The summed E-state index contributed by atoms with van der Waals surface area (Å²) >= 11 is 0. The second kappa shape index (κ2) is 6.55. The van der Waals surface area contributed by atoms with Crippen molar-refractivity contribution in [1.82, 2.24) is 15.1 Å². The predicted octanol–water partition coefficient (Wildman–Crippen LogP) is 2.18. The van der Waals surface area contributed by atoms with Crippen molar-refractivity contribution >= 4 is 0 Å². The number of rotatable bonds is 5. The fraction of sp³-hybridized carbons (Fsp3) is 1.00. The molecular weight excluding hydrogens is 234 g/mol. The van der Waals surface area contributed by atoms with Crippen LogP contribution in [0.25, 0.3) is 0 Å². The zero-order chi connectivity index (χ0) is 13.9. The molecule has 0 spiro atoms. The quantitative estimate of drug-likeness (QED) is 0.824. The third-order valence-electron chi connectivity index (χ3n) is 5.35. The first-order chi connectivity index (χ1) is 9.06. The Kier molecular flexibility index (Phi) is 5.27. The molecule has 0 amide bonds. The Hall–Kier alpha value is -0.120. The summed E-state index contributed by atoms with van der Waals surface area (Å²) < 4.78 is 0. The molecule has 0 aromatic rings. The lowest BCUT2D eigenvalue weighted by Gasteiger charge is -2.41. The smallest absolute Gasteiger partial charge is 0.0246 e. The molecule has 3 nitrogen and oxygen atoms in total.